The van der Waals surface area contributed by atoms with Crippen molar-refractivity contribution in [2.75, 3.05) is 0 Å². The zero-order valence-electron chi connectivity index (χ0n) is 8.38. The van der Waals surface area contributed by atoms with Gasteiger partial charge in [0.2, 0.25) is 0 Å². The van der Waals surface area contributed by atoms with E-state index in [1.54, 1.807) is 17.8 Å². The minimum absolute atomic E-state index is 0.457. The first kappa shape index (κ1) is 9.54. The smallest absolute Gasteiger partial charge is 0.331 e. The van der Waals surface area contributed by atoms with Gasteiger partial charge >= 0.3 is 5.97 Å². The lowest BCUT2D eigenvalue weighted by molar-refractivity contribution is -0.132. The minimum Gasteiger partial charge on any atom is -0.478 e. The average Bonchev–Trinajstić information content (AvgIpc) is 2.55. The van der Waals surface area contributed by atoms with Gasteiger partial charge in [-0.1, -0.05) is 0 Å². The van der Waals surface area contributed by atoms with Crippen LogP contribution in [-0.4, -0.2) is 15.6 Å². The highest BCUT2D eigenvalue weighted by Crippen LogP contribution is 2.34. The third-order valence-electron chi connectivity index (χ3n) is 2.75. The number of carboxylic acid groups (broad SMARTS) is 1. The van der Waals surface area contributed by atoms with E-state index in [1.165, 1.54) is 0 Å². The molecule has 2 heterocycles. The second-order valence-electron chi connectivity index (χ2n) is 3.74. The summed E-state index contributed by atoms with van der Waals surface area (Å²) in [5, 5.41) is 13.0. The number of carbonyl (C=O) groups is 1. The predicted octanol–water partition coefficient (Wildman–Crippen LogP) is 2.57. The van der Waals surface area contributed by atoms with Crippen molar-refractivity contribution in [2.24, 2.45) is 0 Å². The van der Waals surface area contributed by atoms with Crippen LogP contribution in [-0.2, 0) is 11.2 Å². The Morgan fingerprint density at radius 2 is 2.38 bits per heavy atom. The van der Waals surface area contributed by atoms with Crippen molar-refractivity contribution < 1.29 is 9.90 Å². The fourth-order valence-electron chi connectivity index (χ4n) is 2.04. The number of nitrogens with zero attached hydrogens (tertiary/aromatic N) is 1. The summed E-state index contributed by atoms with van der Waals surface area (Å²) >= 11 is 1.57. The van der Waals surface area contributed by atoms with Gasteiger partial charge < -0.3 is 9.67 Å². The Labute approximate surface area is 96.8 Å². The molecule has 0 atom stereocenters. The molecule has 3 nitrogen and oxygen atoms in total. The Hall–Kier alpha value is -1.68. The normalized spacial score (nSPS) is 17.2. The van der Waals surface area contributed by atoms with Crippen LogP contribution in [0.5, 0.6) is 0 Å². The van der Waals surface area contributed by atoms with Crippen molar-refractivity contribution >= 4 is 29.5 Å². The maximum Gasteiger partial charge on any atom is 0.331 e. The van der Waals surface area contributed by atoms with Crippen LogP contribution >= 0.6 is 11.8 Å². The Morgan fingerprint density at radius 1 is 1.50 bits per heavy atom. The van der Waals surface area contributed by atoms with Gasteiger partial charge in [0.05, 0.1) is 5.69 Å². The SMILES string of the molecule is O=C(O)C1=CC2=CSC=Cn3ccc(c32)C1. The summed E-state index contributed by atoms with van der Waals surface area (Å²) in [6.45, 7) is 0. The van der Waals surface area contributed by atoms with Crippen LogP contribution in [0.2, 0.25) is 0 Å². The van der Waals surface area contributed by atoms with Crippen LogP contribution in [0.25, 0.3) is 11.8 Å². The zero-order chi connectivity index (χ0) is 11.1. The Bertz CT molecular complexity index is 564. The molecule has 0 saturated heterocycles. The molecule has 0 spiro atoms. The molecule has 1 aromatic rings. The molecule has 0 radical (unpaired) electrons. The summed E-state index contributed by atoms with van der Waals surface area (Å²) in [5.41, 5.74) is 3.64. The third-order valence-corrected chi connectivity index (χ3v) is 3.42. The summed E-state index contributed by atoms with van der Waals surface area (Å²) < 4.78 is 2.04. The first-order chi connectivity index (χ1) is 7.75. The standard InChI is InChI=1S/C12H9NO2S/c14-12(15)9-5-8-1-2-13-3-4-16-7-10(6-9)11(8)13/h1-4,6-7H,5H2,(H,14,15). The fourth-order valence-corrected chi connectivity index (χ4v) is 2.65. The first-order valence-electron chi connectivity index (χ1n) is 4.92. The molecule has 0 bridgehead atoms. The van der Waals surface area contributed by atoms with Crippen LogP contribution in [0.3, 0.4) is 0 Å². The fraction of sp³-hybridized carbons (Fsp3) is 0.0833. The summed E-state index contributed by atoms with van der Waals surface area (Å²) in [7, 11) is 0. The highest BCUT2D eigenvalue weighted by molar-refractivity contribution is 8.05. The monoisotopic (exact) mass is 231 g/mol. The quantitative estimate of drug-likeness (QED) is 0.807. The number of allylic oxidation sites excluding steroid dienone is 2. The van der Waals surface area contributed by atoms with Crippen LogP contribution in [0, 0.1) is 0 Å². The molecule has 0 fully saturated rings. The molecule has 3 rings (SSSR count). The average molecular weight is 231 g/mol. The number of carboxylic acids is 1. The summed E-state index contributed by atoms with van der Waals surface area (Å²) in [4.78, 5) is 11.0. The molecular formula is C12H9NO2S. The molecule has 1 aliphatic carbocycles. The van der Waals surface area contributed by atoms with Crippen LogP contribution in [0.15, 0.2) is 34.7 Å². The van der Waals surface area contributed by atoms with E-state index >= 15 is 0 Å². The van der Waals surface area contributed by atoms with Crippen molar-refractivity contribution in [2.45, 2.75) is 6.42 Å². The van der Waals surface area contributed by atoms with E-state index in [0.717, 1.165) is 16.8 Å². The van der Waals surface area contributed by atoms with E-state index < -0.39 is 5.97 Å². The number of rotatable bonds is 1. The molecule has 0 saturated carbocycles. The molecule has 0 aromatic carbocycles. The lowest BCUT2D eigenvalue weighted by Crippen LogP contribution is -2.10. The number of hydrogen-bond donors (Lipinski definition) is 1. The number of hydrogen-bond acceptors (Lipinski definition) is 2. The van der Waals surface area contributed by atoms with E-state index in [-0.39, 0.29) is 0 Å². The Kier molecular flexibility index (Phi) is 2.04. The largest absolute Gasteiger partial charge is 0.478 e. The molecule has 16 heavy (non-hydrogen) atoms. The molecule has 1 N–H and O–H groups in total. The van der Waals surface area contributed by atoms with Gasteiger partial charge in [0.1, 0.15) is 0 Å². The van der Waals surface area contributed by atoms with Gasteiger partial charge in [0.25, 0.3) is 0 Å². The number of aliphatic carboxylic acids is 1. The minimum atomic E-state index is -0.832. The summed E-state index contributed by atoms with van der Waals surface area (Å²) in [5.74, 6) is -0.832. The van der Waals surface area contributed by atoms with Gasteiger partial charge in [0.15, 0.2) is 0 Å². The van der Waals surface area contributed by atoms with Crippen LogP contribution in [0.1, 0.15) is 11.3 Å². The topological polar surface area (TPSA) is 42.2 Å². The van der Waals surface area contributed by atoms with E-state index in [9.17, 15) is 4.79 Å². The molecule has 1 aromatic heterocycles. The first-order valence-corrected chi connectivity index (χ1v) is 5.86. The van der Waals surface area contributed by atoms with Crippen LogP contribution in [0.4, 0.5) is 0 Å². The maximum atomic E-state index is 11.0. The van der Waals surface area contributed by atoms with Gasteiger partial charge in [-0.15, -0.1) is 11.8 Å². The summed E-state index contributed by atoms with van der Waals surface area (Å²) in [6, 6.07) is 1.99. The number of thioether (sulfide) groups is 1. The van der Waals surface area contributed by atoms with Gasteiger partial charge in [0, 0.05) is 30.0 Å². The third kappa shape index (κ3) is 1.34. The second kappa shape index (κ2) is 3.42. The lowest BCUT2D eigenvalue weighted by atomic mass is 9.94. The molecule has 1 aliphatic heterocycles. The maximum absolute atomic E-state index is 11.0. The highest BCUT2D eigenvalue weighted by Gasteiger charge is 2.22. The molecular weight excluding hydrogens is 222 g/mol. The van der Waals surface area contributed by atoms with Gasteiger partial charge in [-0.3, -0.25) is 0 Å². The van der Waals surface area contributed by atoms with Crippen molar-refractivity contribution in [3.8, 4) is 0 Å². The van der Waals surface area contributed by atoms with E-state index in [0.29, 0.717) is 12.0 Å². The molecule has 0 unspecified atom stereocenters. The van der Waals surface area contributed by atoms with Crippen molar-refractivity contribution in [3.63, 3.8) is 0 Å². The van der Waals surface area contributed by atoms with Crippen molar-refractivity contribution in [1.82, 2.24) is 4.57 Å². The molecule has 2 aliphatic rings. The Balaban J connectivity index is 2.20. The van der Waals surface area contributed by atoms with E-state index in [2.05, 4.69) is 0 Å². The van der Waals surface area contributed by atoms with Gasteiger partial charge in [-0.25, -0.2) is 4.79 Å². The molecule has 80 valence electrons. The Morgan fingerprint density at radius 3 is 3.19 bits per heavy atom. The van der Waals surface area contributed by atoms with Gasteiger partial charge in [-0.2, -0.15) is 0 Å². The van der Waals surface area contributed by atoms with Crippen molar-refractivity contribution in [1.29, 1.82) is 0 Å². The van der Waals surface area contributed by atoms with E-state index in [1.807, 2.05) is 33.8 Å². The van der Waals surface area contributed by atoms with Gasteiger partial charge in [-0.05, 0) is 28.5 Å². The molecule has 0 amide bonds. The molecule has 4 heteroatoms. The van der Waals surface area contributed by atoms with Crippen molar-refractivity contribution in [3.05, 3.63) is 46.0 Å². The predicted molar refractivity (Wildman–Crippen MR) is 64.8 cm³/mol. The summed E-state index contributed by atoms with van der Waals surface area (Å²) in [6.07, 6.45) is 6.24. The zero-order valence-corrected chi connectivity index (χ0v) is 9.20. The lowest BCUT2D eigenvalue weighted by Gasteiger charge is -2.14. The van der Waals surface area contributed by atoms with E-state index in [4.69, 9.17) is 5.11 Å². The number of aromatic nitrogens is 1. The van der Waals surface area contributed by atoms with Crippen LogP contribution < -0.4 is 0 Å². The second-order valence-corrected chi connectivity index (χ2v) is 4.52. The highest BCUT2D eigenvalue weighted by atomic mass is 32.2.